The maximum Gasteiger partial charge on any atom is 0.137 e. The topological polar surface area (TPSA) is 29.5 Å². The van der Waals surface area contributed by atoms with Crippen LogP contribution >= 0.6 is 15.9 Å². The molecule has 72 valence electrons. The van der Waals surface area contributed by atoms with Crippen LogP contribution < -0.4 is 4.74 Å². The minimum absolute atomic E-state index is 0.251. The van der Waals surface area contributed by atoms with Gasteiger partial charge in [0.15, 0.2) is 0 Å². The molecule has 0 unspecified atom stereocenters. The lowest BCUT2D eigenvalue weighted by Crippen LogP contribution is -1.84. The molecule has 0 aliphatic carbocycles. The molecule has 1 N–H and O–H groups in total. The van der Waals surface area contributed by atoms with Crippen LogP contribution in [0.2, 0.25) is 0 Å². The van der Waals surface area contributed by atoms with E-state index >= 15 is 0 Å². The van der Waals surface area contributed by atoms with Crippen molar-refractivity contribution in [1.82, 2.24) is 0 Å². The smallest absolute Gasteiger partial charge is 0.137 e. The van der Waals surface area contributed by atoms with Crippen molar-refractivity contribution < 1.29 is 9.84 Å². The van der Waals surface area contributed by atoms with Crippen LogP contribution in [0.5, 0.6) is 11.5 Å². The van der Waals surface area contributed by atoms with Gasteiger partial charge in [-0.05, 0) is 34.1 Å². The molecule has 0 fully saturated rings. The number of halogens is 1. The van der Waals surface area contributed by atoms with Crippen LogP contribution in [-0.4, -0.2) is 12.2 Å². The second-order valence-electron chi connectivity index (χ2n) is 2.95. The van der Waals surface area contributed by atoms with Crippen LogP contribution in [-0.2, 0) is 0 Å². The third-order valence-electron chi connectivity index (χ3n) is 2.16. The Bertz CT molecular complexity index is 480. The van der Waals surface area contributed by atoms with Crippen molar-refractivity contribution in [2.24, 2.45) is 0 Å². The van der Waals surface area contributed by atoms with Gasteiger partial charge in [0.1, 0.15) is 11.5 Å². The van der Waals surface area contributed by atoms with E-state index in [0.29, 0.717) is 4.47 Å². The van der Waals surface area contributed by atoms with Gasteiger partial charge in [-0.25, -0.2) is 0 Å². The number of phenols is 1. The molecule has 0 amide bonds. The molecule has 3 heteroatoms. The number of hydrogen-bond donors (Lipinski definition) is 1. The molecule has 0 aliphatic rings. The normalized spacial score (nSPS) is 10.4. The first-order valence-electron chi connectivity index (χ1n) is 4.18. The van der Waals surface area contributed by atoms with Crippen molar-refractivity contribution in [2.75, 3.05) is 7.11 Å². The maximum absolute atomic E-state index is 9.78. The molecule has 0 bridgehead atoms. The van der Waals surface area contributed by atoms with E-state index < -0.39 is 0 Å². The molecule has 2 nitrogen and oxygen atoms in total. The van der Waals surface area contributed by atoms with E-state index in [2.05, 4.69) is 15.9 Å². The zero-order valence-corrected chi connectivity index (χ0v) is 9.21. The standard InChI is InChI=1S/C11H9BrO2/c1-14-10-4-2-3-8-7(10)5-6-9(12)11(8)13/h2-6,13H,1H3. The van der Waals surface area contributed by atoms with Crippen LogP contribution in [0, 0.1) is 0 Å². The molecular formula is C11H9BrO2. The molecule has 0 atom stereocenters. The molecule has 14 heavy (non-hydrogen) atoms. The quantitative estimate of drug-likeness (QED) is 0.844. The minimum Gasteiger partial charge on any atom is -0.506 e. The summed E-state index contributed by atoms with van der Waals surface area (Å²) in [7, 11) is 1.62. The Kier molecular flexibility index (Phi) is 2.33. The van der Waals surface area contributed by atoms with Crippen LogP contribution in [0.3, 0.4) is 0 Å². The summed E-state index contributed by atoms with van der Waals surface area (Å²) in [6.07, 6.45) is 0. The summed E-state index contributed by atoms with van der Waals surface area (Å²) in [6.45, 7) is 0. The van der Waals surface area contributed by atoms with E-state index in [9.17, 15) is 5.11 Å². The lowest BCUT2D eigenvalue weighted by molar-refractivity contribution is 0.419. The second kappa shape index (κ2) is 3.50. The van der Waals surface area contributed by atoms with E-state index in [4.69, 9.17) is 4.74 Å². The van der Waals surface area contributed by atoms with Crippen molar-refractivity contribution in [3.63, 3.8) is 0 Å². The zero-order chi connectivity index (χ0) is 10.1. The third kappa shape index (κ3) is 1.34. The van der Waals surface area contributed by atoms with Gasteiger partial charge in [-0.2, -0.15) is 0 Å². The first-order chi connectivity index (χ1) is 6.74. The summed E-state index contributed by atoms with van der Waals surface area (Å²) in [6, 6.07) is 9.30. The van der Waals surface area contributed by atoms with Crippen LogP contribution in [0.25, 0.3) is 10.8 Å². The number of rotatable bonds is 1. The molecular weight excluding hydrogens is 244 g/mol. The van der Waals surface area contributed by atoms with Crippen molar-refractivity contribution >= 4 is 26.7 Å². The number of fused-ring (bicyclic) bond motifs is 1. The van der Waals surface area contributed by atoms with Gasteiger partial charge in [0.05, 0.1) is 11.6 Å². The number of ether oxygens (including phenoxy) is 1. The van der Waals surface area contributed by atoms with Crippen molar-refractivity contribution in [2.45, 2.75) is 0 Å². The second-order valence-corrected chi connectivity index (χ2v) is 3.81. The van der Waals surface area contributed by atoms with Crippen LogP contribution in [0.1, 0.15) is 0 Å². The Hall–Kier alpha value is -1.22. The summed E-state index contributed by atoms with van der Waals surface area (Å²) in [5, 5.41) is 11.5. The van der Waals surface area contributed by atoms with E-state index in [1.165, 1.54) is 0 Å². The monoisotopic (exact) mass is 252 g/mol. The molecule has 0 spiro atoms. The van der Waals surface area contributed by atoms with Crippen LogP contribution in [0.15, 0.2) is 34.8 Å². The van der Waals surface area contributed by atoms with E-state index in [0.717, 1.165) is 16.5 Å². The molecule has 0 heterocycles. The molecule has 2 rings (SSSR count). The van der Waals surface area contributed by atoms with E-state index in [-0.39, 0.29) is 5.75 Å². The van der Waals surface area contributed by atoms with Gasteiger partial charge < -0.3 is 9.84 Å². The molecule has 0 saturated heterocycles. The van der Waals surface area contributed by atoms with Gasteiger partial charge in [0.2, 0.25) is 0 Å². The zero-order valence-electron chi connectivity index (χ0n) is 7.62. The Labute approximate surface area is 90.3 Å². The lowest BCUT2D eigenvalue weighted by Gasteiger charge is -2.07. The first kappa shape index (κ1) is 9.34. The average Bonchev–Trinajstić information content (AvgIpc) is 2.23. The third-order valence-corrected chi connectivity index (χ3v) is 2.80. The molecule has 2 aromatic carbocycles. The predicted molar refractivity (Wildman–Crippen MR) is 59.9 cm³/mol. The minimum atomic E-state index is 0.251. The summed E-state index contributed by atoms with van der Waals surface area (Å²) in [5.41, 5.74) is 0. The first-order valence-corrected chi connectivity index (χ1v) is 4.97. The maximum atomic E-state index is 9.78. The largest absolute Gasteiger partial charge is 0.506 e. The average molecular weight is 253 g/mol. The number of aromatic hydroxyl groups is 1. The van der Waals surface area contributed by atoms with Gasteiger partial charge >= 0.3 is 0 Å². The summed E-state index contributed by atoms with van der Waals surface area (Å²) in [5.74, 6) is 1.02. The Balaban J connectivity index is 2.86. The predicted octanol–water partition coefficient (Wildman–Crippen LogP) is 3.32. The molecule has 0 aromatic heterocycles. The SMILES string of the molecule is COc1cccc2c(O)c(Br)ccc12. The number of methoxy groups -OCH3 is 1. The van der Waals surface area contributed by atoms with Gasteiger partial charge in [0, 0.05) is 10.8 Å². The highest BCUT2D eigenvalue weighted by atomic mass is 79.9. The number of hydrogen-bond acceptors (Lipinski definition) is 2. The van der Waals surface area contributed by atoms with Gasteiger partial charge in [-0.1, -0.05) is 12.1 Å². The Morgan fingerprint density at radius 2 is 1.93 bits per heavy atom. The lowest BCUT2D eigenvalue weighted by atomic mass is 10.1. The number of benzene rings is 2. The fourth-order valence-electron chi connectivity index (χ4n) is 1.46. The van der Waals surface area contributed by atoms with Crippen molar-refractivity contribution in [3.8, 4) is 11.5 Å². The molecule has 0 radical (unpaired) electrons. The molecule has 0 aliphatic heterocycles. The fourth-order valence-corrected chi connectivity index (χ4v) is 1.81. The molecule has 2 aromatic rings. The summed E-state index contributed by atoms with van der Waals surface area (Å²) in [4.78, 5) is 0. The molecule has 0 saturated carbocycles. The highest BCUT2D eigenvalue weighted by Gasteiger charge is 2.06. The van der Waals surface area contributed by atoms with Gasteiger partial charge in [-0.15, -0.1) is 0 Å². The highest BCUT2D eigenvalue weighted by molar-refractivity contribution is 9.10. The van der Waals surface area contributed by atoms with Crippen molar-refractivity contribution in [1.29, 1.82) is 0 Å². The van der Waals surface area contributed by atoms with Gasteiger partial charge in [0.25, 0.3) is 0 Å². The van der Waals surface area contributed by atoms with E-state index in [1.807, 2.05) is 24.3 Å². The fraction of sp³-hybridized carbons (Fsp3) is 0.0909. The van der Waals surface area contributed by atoms with E-state index in [1.54, 1.807) is 13.2 Å². The van der Waals surface area contributed by atoms with Crippen LogP contribution in [0.4, 0.5) is 0 Å². The van der Waals surface area contributed by atoms with Gasteiger partial charge in [-0.3, -0.25) is 0 Å². The van der Waals surface area contributed by atoms with Crippen molar-refractivity contribution in [3.05, 3.63) is 34.8 Å². The number of phenolic OH excluding ortho intramolecular Hbond substituents is 1. The summed E-state index contributed by atoms with van der Waals surface area (Å²) < 4.78 is 5.89. The Morgan fingerprint density at radius 3 is 2.64 bits per heavy atom. The summed E-state index contributed by atoms with van der Waals surface area (Å²) >= 11 is 3.27. The highest BCUT2D eigenvalue weighted by Crippen LogP contribution is 2.36. The Morgan fingerprint density at radius 1 is 1.14 bits per heavy atom.